The molecule has 0 unspecified atom stereocenters. The van der Waals surface area contributed by atoms with Crippen molar-refractivity contribution in [1.82, 2.24) is 15.1 Å². The van der Waals surface area contributed by atoms with E-state index in [1.165, 1.54) is 17.7 Å². The normalized spacial score (nSPS) is 10.6. The Hall–Kier alpha value is -2.63. The van der Waals surface area contributed by atoms with E-state index in [0.717, 1.165) is 24.2 Å². The van der Waals surface area contributed by atoms with Crippen molar-refractivity contribution in [3.63, 3.8) is 0 Å². The topological polar surface area (TPSA) is 84.2 Å². The molecule has 0 atom stereocenters. The molecule has 1 amide bonds. The molecule has 0 spiro atoms. The van der Waals surface area contributed by atoms with Crippen molar-refractivity contribution >= 4 is 11.9 Å². The van der Waals surface area contributed by atoms with Crippen LogP contribution in [0.4, 0.5) is 0 Å². The highest BCUT2D eigenvalue weighted by molar-refractivity contribution is 5.88. The molecule has 0 aliphatic heterocycles. The molecule has 6 heteroatoms. The number of hydrogen-bond acceptors (Lipinski definition) is 3. The van der Waals surface area contributed by atoms with Gasteiger partial charge in [-0.1, -0.05) is 12.1 Å². The van der Waals surface area contributed by atoms with Crippen LogP contribution in [0.5, 0.6) is 0 Å². The van der Waals surface area contributed by atoms with Crippen molar-refractivity contribution in [3.8, 4) is 0 Å². The van der Waals surface area contributed by atoms with Gasteiger partial charge < -0.3 is 10.4 Å². The Kier molecular flexibility index (Phi) is 5.73. The van der Waals surface area contributed by atoms with Crippen LogP contribution in [0.3, 0.4) is 0 Å². The van der Waals surface area contributed by atoms with Gasteiger partial charge in [-0.2, -0.15) is 5.10 Å². The first-order valence-electron chi connectivity index (χ1n) is 7.96. The van der Waals surface area contributed by atoms with Gasteiger partial charge in [-0.15, -0.1) is 0 Å². The molecule has 0 bridgehead atoms. The van der Waals surface area contributed by atoms with Gasteiger partial charge in [-0.05, 0) is 49.9 Å². The standard InChI is InChI=1S/C18H23N3O3/c1-12-16(13(2)21(3)20-12)8-5-9-19-17(22)11-14-6-4-7-15(10-14)18(23)24/h4,6-7,10H,5,8-9,11H2,1-3H3,(H,19,22)(H,23,24). The maximum absolute atomic E-state index is 12.0. The van der Waals surface area contributed by atoms with Gasteiger partial charge in [0.25, 0.3) is 0 Å². The van der Waals surface area contributed by atoms with Crippen LogP contribution >= 0.6 is 0 Å². The largest absolute Gasteiger partial charge is 0.478 e. The smallest absolute Gasteiger partial charge is 0.335 e. The minimum Gasteiger partial charge on any atom is -0.478 e. The third-order valence-electron chi connectivity index (χ3n) is 4.12. The average molecular weight is 329 g/mol. The minimum atomic E-state index is -0.987. The Morgan fingerprint density at radius 1 is 1.29 bits per heavy atom. The van der Waals surface area contributed by atoms with Crippen LogP contribution in [-0.4, -0.2) is 33.3 Å². The summed E-state index contributed by atoms with van der Waals surface area (Å²) in [5.41, 5.74) is 4.33. The maximum Gasteiger partial charge on any atom is 0.335 e. The molecule has 0 fully saturated rings. The molecule has 2 rings (SSSR count). The van der Waals surface area contributed by atoms with E-state index in [1.807, 2.05) is 25.6 Å². The fraction of sp³-hybridized carbons (Fsp3) is 0.389. The van der Waals surface area contributed by atoms with Crippen molar-refractivity contribution in [1.29, 1.82) is 0 Å². The van der Waals surface area contributed by atoms with E-state index in [2.05, 4.69) is 10.4 Å². The highest BCUT2D eigenvalue weighted by Gasteiger charge is 2.10. The second kappa shape index (κ2) is 7.77. The first-order chi connectivity index (χ1) is 11.4. The van der Waals surface area contributed by atoms with Crippen molar-refractivity contribution in [3.05, 3.63) is 52.3 Å². The number of aromatic carboxylic acids is 1. The number of carboxylic acids is 1. The fourth-order valence-corrected chi connectivity index (χ4v) is 2.73. The summed E-state index contributed by atoms with van der Waals surface area (Å²) in [6.07, 6.45) is 1.90. The Bertz CT molecular complexity index is 750. The predicted octanol–water partition coefficient (Wildman–Crippen LogP) is 2.03. The molecule has 24 heavy (non-hydrogen) atoms. The van der Waals surface area contributed by atoms with E-state index in [1.54, 1.807) is 12.1 Å². The molecule has 1 aromatic heterocycles. The number of aromatic nitrogens is 2. The lowest BCUT2D eigenvalue weighted by atomic mass is 10.1. The zero-order valence-corrected chi connectivity index (χ0v) is 14.3. The number of benzene rings is 1. The summed E-state index contributed by atoms with van der Waals surface area (Å²) in [6.45, 7) is 4.63. The minimum absolute atomic E-state index is 0.0998. The van der Waals surface area contributed by atoms with E-state index in [9.17, 15) is 9.59 Å². The maximum atomic E-state index is 12.0. The lowest BCUT2D eigenvalue weighted by Gasteiger charge is -2.06. The van der Waals surface area contributed by atoms with Crippen LogP contribution in [0.25, 0.3) is 0 Å². The first kappa shape index (κ1) is 17.7. The molecule has 0 aliphatic rings. The molecular weight excluding hydrogens is 306 g/mol. The highest BCUT2D eigenvalue weighted by atomic mass is 16.4. The summed E-state index contributed by atoms with van der Waals surface area (Å²) in [5.74, 6) is -1.09. The molecule has 0 aliphatic carbocycles. The molecule has 6 nitrogen and oxygen atoms in total. The van der Waals surface area contributed by atoms with Crippen LogP contribution in [0, 0.1) is 13.8 Å². The molecule has 0 saturated carbocycles. The van der Waals surface area contributed by atoms with Crippen LogP contribution in [0.15, 0.2) is 24.3 Å². The third kappa shape index (κ3) is 4.44. The van der Waals surface area contributed by atoms with Crippen LogP contribution in [0.2, 0.25) is 0 Å². The molecule has 128 valence electrons. The van der Waals surface area contributed by atoms with Crippen molar-refractivity contribution in [2.45, 2.75) is 33.1 Å². The quantitative estimate of drug-likeness (QED) is 0.761. The number of hydrogen-bond donors (Lipinski definition) is 2. The monoisotopic (exact) mass is 329 g/mol. The SMILES string of the molecule is Cc1nn(C)c(C)c1CCCNC(=O)Cc1cccc(C(=O)O)c1. The lowest BCUT2D eigenvalue weighted by molar-refractivity contribution is -0.120. The van der Waals surface area contributed by atoms with Crippen molar-refractivity contribution in [2.75, 3.05) is 6.54 Å². The van der Waals surface area contributed by atoms with Crippen LogP contribution in [0.1, 0.15) is 39.3 Å². The van der Waals surface area contributed by atoms with Gasteiger partial charge in [0.05, 0.1) is 17.7 Å². The predicted molar refractivity (Wildman–Crippen MR) is 91.1 cm³/mol. The lowest BCUT2D eigenvalue weighted by Crippen LogP contribution is -2.26. The Labute approximate surface area is 141 Å². The second-order valence-electron chi connectivity index (χ2n) is 5.91. The van der Waals surface area contributed by atoms with E-state index >= 15 is 0 Å². The van der Waals surface area contributed by atoms with Gasteiger partial charge >= 0.3 is 5.97 Å². The Morgan fingerprint density at radius 3 is 2.67 bits per heavy atom. The number of nitrogens with one attached hydrogen (secondary N) is 1. The summed E-state index contributed by atoms with van der Waals surface area (Å²) >= 11 is 0. The zero-order chi connectivity index (χ0) is 17.7. The first-order valence-corrected chi connectivity index (χ1v) is 7.96. The van der Waals surface area contributed by atoms with Crippen molar-refractivity contribution < 1.29 is 14.7 Å². The molecule has 0 radical (unpaired) electrons. The van der Waals surface area contributed by atoms with Gasteiger partial charge in [0.15, 0.2) is 0 Å². The number of rotatable bonds is 7. The van der Waals surface area contributed by atoms with Gasteiger partial charge in [-0.25, -0.2) is 4.79 Å². The number of aryl methyl sites for hydroxylation is 2. The van der Waals surface area contributed by atoms with E-state index in [0.29, 0.717) is 12.1 Å². The number of nitrogens with zero attached hydrogens (tertiary/aromatic N) is 2. The zero-order valence-electron chi connectivity index (χ0n) is 14.3. The summed E-state index contributed by atoms with van der Waals surface area (Å²) in [7, 11) is 1.93. The number of carbonyl (C=O) groups is 2. The summed E-state index contributed by atoms with van der Waals surface area (Å²) in [4.78, 5) is 22.9. The van der Waals surface area contributed by atoms with Gasteiger partial charge in [0, 0.05) is 19.3 Å². The average Bonchev–Trinajstić information content (AvgIpc) is 2.77. The molecule has 2 N–H and O–H groups in total. The number of amides is 1. The molecule has 0 saturated heterocycles. The number of carbonyl (C=O) groups excluding carboxylic acids is 1. The van der Waals surface area contributed by atoms with E-state index < -0.39 is 5.97 Å². The summed E-state index contributed by atoms with van der Waals surface area (Å²) < 4.78 is 1.87. The van der Waals surface area contributed by atoms with E-state index in [-0.39, 0.29) is 17.9 Å². The molecule has 1 heterocycles. The van der Waals surface area contributed by atoms with Gasteiger partial charge in [0.1, 0.15) is 0 Å². The fourth-order valence-electron chi connectivity index (χ4n) is 2.73. The summed E-state index contributed by atoms with van der Waals surface area (Å²) in [5, 5.41) is 16.2. The molecule has 1 aromatic carbocycles. The van der Waals surface area contributed by atoms with Crippen LogP contribution in [-0.2, 0) is 24.7 Å². The molecule has 2 aromatic rings. The highest BCUT2D eigenvalue weighted by Crippen LogP contribution is 2.13. The molecular formula is C18H23N3O3. The van der Waals surface area contributed by atoms with Gasteiger partial charge in [-0.3, -0.25) is 9.48 Å². The van der Waals surface area contributed by atoms with Crippen LogP contribution < -0.4 is 5.32 Å². The van der Waals surface area contributed by atoms with Crippen molar-refractivity contribution in [2.24, 2.45) is 7.05 Å². The Morgan fingerprint density at radius 2 is 2.04 bits per heavy atom. The summed E-state index contributed by atoms with van der Waals surface area (Å²) in [6, 6.07) is 6.46. The third-order valence-corrected chi connectivity index (χ3v) is 4.12. The van der Waals surface area contributed by atoms with Gasteiger partial charge in [0.2, 0.25) is 5.91 Å². The van der Waals surface area contributed by atoms with E-state index in [4.69, 9.17) is 5.11 Å². The second-order valence-corrected chi connectivity index (χ2v) is 5.91. The Balaban J connectivity index is 1.79. The number of carboxylic acid groups (broad SMARTS) is 1.